The van der Waals surface area contributed by atoms with Gasteiger partial charge in [-0.1, -0.05) is 0 Å². The van der Waals surface area contributed by atoms with Crippen molar-refractivity contribution in [2.24, 2.45) is 0 Å². The maximum Gasteiger partial charge on any atom is 0.357 e. The van der Waals surface area contributed by atoms with E-state index >= 15 is 0 Å². The number of methoxy groups -OCH3 is 2. The molecular formula is C10H8F2N2O3. The van der Waals surface area contributed by atoms with E-state index in [1.807, 2.05) is 0 Å². The van der Waals surface area contributed by atoms with Crippen molar-refractivity contribution in [3.63, 3.8) is 0 Å². The van der Waals surface area contributed by atoms with Crippen LogP contribution in [0.3, 0.4) is 0 Å². The number of esters is 1. The highest BCUT2D eigenvalue weighted by Gasteiger charge is 2.26. The first-order valence-electron chi connectivity index (χ1n) is 4.40. The summed E-state index contributed by atoms with van der Waals surface area (Å²) in [5.41, 5.74) is -1.73. The van der Waals surface area contributed by atoms with Crippen LogP contribution in [0.15, 0.2) is 6.07 Å². The fourth-order valence-corrected chi connectivity index (χ4v) is 1.20. The third-order valence-electron chi connectivity index (χ3n) is 1.96. The van der Waals surface area contributed by atoms with Crippen LogP contribution in [0.1, 0.15) is 28.0 Å². The summed E-state index contributed by atoms with van der Waals surface area (Å²) >= 11 is 0. The van der Waals surface area contributed by atoms with Gasteiger partial charge >= 0.3 is 5.97 Å². The Bertz CT molecular complexity index is 483. The molecule has 0 amide bonds. The molecule has 0 aromatic carbocycles. The largest absolute Gasteiger partial charge is 0.481 e. The van der Waals surface area contributed by atoms with Gasteiger partial charge in [0.2, 0.25) is 5.88 Å². The van der Waals surface area contributed by atoms with Gasteiger partial charge in [0.05, 0.1) is 31.4 Å². The van der Waals surface area contributed by atoms with Crippen LogP contribution in [-0.4, -0.2) is 25.2 Å². The van der Waals surface area contributed by atoms with Crippen LogP contribution in [0, 0.1) is 11.3 Å². The van der Waals surface area contributed by atoms with Crippen molar-refractivity contribution < 1.29 is 23.0 Å². The standard InChI is InChI=1S/C10H8F2N2O3/c1-16-6-3-5(4-13)7(9(11)12)8(14-6)10(15)17-2/h3,9H,1-2H3. The van der Waals surface area contributed by atoms with Crippen molar-refractivity contribution >= 4 is 5.97 Å². The zero-order chi connectivity index (χ0) is 13.0. The monoisotopic (exact) mass is 242 g/mol. The Labute approximate surface area is 95.6 Å². The molecular weight excluding hydrogens is 234 g/mol. The molecule has 0 aliphatic heterocycles. The predicted octanol–water partition coefficient (Wildman–Crippen LogP) is 1.69. The fraction of sp³-hybridized carbons (Fsp3) is 0.300. The van der Waals surface area contributed by atoms with E-state index in [4.69, 9.17) is 10.00 Å². The lowest BCUT2D eigenvalue weighted by molar-refractivity contribution is 0.0580. The highest BCUT2D eigenvalue weighted by Crippen LogP contribution is 2.28. The van der Waals surface area contributed by atoms with Crippen molar-refractivity contribution in [2.45, 2.75) is 6.43 Å². The third kappa shape index (κ3) is 2.47. The van der Waals surface area contributed by atoms with E-state index in [2.05, 4.69) is 9.72 Å². The number of hydrogen-bond donors (Lipinski definition) is 0. The molecule has 17 heavy (non-hydrogen) atoms. The number of nitriles is 1. The molecule has 0 spiro atoms. The number of hydrogen-bond acceptors (Lipinski definition) is 5. The van der Waals surface area contributed by atoms with Gasteiger partial charge in [0.25, 0.3) is 6.43 Å². The lowest BCUT2D eigenvalue weighted by Crippen LogP contribution is -2.11. The van der Waals surface area contributed by atoms with Crippen LogP contribution < -0.4 is 4.74 Å². The van der Waals surface area contributed by atoms with E-state index in [1.165, 1.54) is 7.11 Å². The molecule has 1 rings (SSSR count). The zero-order valence-corrected chi connectivity index (χ0v) is 9.03. The number of nitrogens with zero attached hydrogens (tertiary/aromatic N) is 2. The molecule has 0 saturated carbocycles. The minimum atomic E-state index is -3.00. The van der Waals surface area contributed by atoms with Gasteiger partial charge in [-0.25, -0.2) is 18.6 Å². The molecule has 0 aliphatic carbocycles. The van der Waals surface area contributed by atoms with Gasteiger partial charge in [0.1, 0.15) is 0 Å². The Morgan fingerprint density at radius 2 is 2.18 bits per heavy atom. The van der Waals surface area contributed by atoms with E-state index in [9.17, 15) is 13.6 Å². The highest BCUT2D eigenvalue weighted by atomic mass is 19.3. The number of carbonyl (C=O) groups excluding carboxylic acids is 1. The molecule has 7 heteroatoms. The molecule has 90 valence electrons. The van der Waals surface area contributed by atoms with Crippen LogP contribution >= 0.6 is 0 Å². The summed E-state index contributed by atoms with van der Waals surface area (Å²) in [5.74, 6) is -1.15. The second-order valence-electron chi connectivity index (χ2n) is 2.88. The van der Waals surface area contributed by atoms with Crippen LogP contribution in [0.25, 0.3) is 0 Å². The molecule has 1 aromatic heterocycles. The normalized spacial score (nSPS) is 9.88. The zero-order valence-electron chi connectivity index (χ0n) is 9.03. The van der Waals surface area contributed by atoms with Gasteiger partial charge in [-0.15, -0.1) is 0 Å². The van der Waals surface area contributed by atoms with E-state index in [0.29, 0.717) is 0 Å². The smallest absolute Gasteiger partial charge is 0.357 e. The summed E-state index contributed by atoms with van der Waals surface area (Å²) in [5, 5.41) is 8.75. The third-order valence-corrected chi connectivity index (χ3v) is 1.96. The first kappa shape index (κ1) is 12.8. The number of ether oxygens (including phenoxy) is 2. The van der Waals surface area contributed by atoms with Gasteiger partial charge in [-0.2, -0.15) is 5.26 Å². The molecule has 0 fully saturated rings. The lowest BCUT2D eigenvalue weighted by Gasteiger charge is -2.09. The predicted molar refractivity (Wildman–Crippen MR) is 51.8 cm³/mol. The van der Waals surface area contributed by atoms with Crippen molar-refractivity contribution in [1.29, 1.82) is 5.26 Å². The van der Waals surface area contributed by atoms with Crippen molar-refractivity contribution in [3.05, 3.63) is 22.9 Å². The number of carbonyl (C=O) groups is 1. The van der Waals surface area contributed by atoms with Crippen LogP contribution in [0.5, 0.6) is 5.88 Å². The minimum Gasteiger partial charge on any atom is -0.481 e. The molecule has 0 unspecified atom stereocenters. The lowest BCUT2D eigenvalue weighted by atomic mass is 10.1. The van der Waals surface area contributed by atoms with Crippen LogP contribution in [0.4, 0.5) is 8.78 Å². The maximum atomic E-state index is 12.8. The summed E-state index contributed by atoms with van der Waals surface area (Å²) in [6, 6.07) is 2.60. The average molecular weight is 242 g/mol. The Morgan fingerprint density at radius 3 is 2.59 bits per heavy atom. The topological polar surface area (TPSA) is 72.2 Å². The number of aromatic nitrogens is 1. The second kappa shape index (κ2) is 5.21. The molecule has 0 saturated heterocycles. The minimum absolute atomic E-state index is 0.105. The summed E-state index contributed by atoms with van der Waals surface area (Å²) in [6.45, 7) is 0. The van der Waals surface area contributed by atoms with E-state index < -0.39 is 23.7 Å². The number of pyridine rings is 1. The number of alkyl halides is 2. The van der Waals surface area contributed by atoms with Gasteiger partial charge in [0, 0.05) is 6.07 Å². The van der Waals surface area contributed by atoms with Crippen LogP contribution in [0.2, 0.25) is 0 Å². The van der Waals surface area contributed by atoms with Gasteiger partial charge in [0.15, 0.2) is 5.69 Å². The molecule has 0 atom stereocenters. The number of rotatable bonds is 3. The Hall–Kier alpha value is -2.23. The van der Waals surface area contributed by atoms with Crippen molar-refractivity contribution in [1.82, 2.24) is 4.98 Å². The summed E-state index contributed by atoms with van der Waals surface area (Å²) < 4.78 is 34.6. The Kier molecular flexibility index (Phi) is 3.93. The average Bonchev–Trinajstić information content (AvgIpc) is 2.35. The quantitative estimate of drug-likeness (QED) is 0.754. The molecule has 1 aromatic rings. The highest BCUT2D eigenvalue weighted by molar-refractivity contribution is 5.89. The second-order valence-corrected chi connectivity index (χ2v) is 2.88. The fourth-order valence-electron chi connectivity index (χ4n) is 1.20. The summed E-state index contributed by atoms with van der Waals surface area (Å²) in [6.07, 6.45) is -3.00. The molecule has 0 aliphatic rings. The Morgan fingerprint density at radius 1 is 1.53 bits per heavy atom. The Balaban J connectivity index is 3.53. The van der Waals surface area contributed by atoms with E-state index in [0.717, 1.165) is 13.2 Å². The maximum absolute atomic E-state index is 12.8. The molecule has 0 bridgehead atoms. The SMILES string of the molecule is COC(=O)c1nc(OC)cc(C#N)c1C(F)F. The molecule has 1 heterocycles. The molecule has 0 N–H and O–H groups in total. The van der Waals surface area contributed by atoms with Crippen molar-refractivity contribution in [3.8, 4) is 11.9 Å². The van der Waals surface area contributed by atoms with Gasteiger partial charge in [-0.3, -0.25) is 0 Å². The van der Waals surface area contributed by atoms with Gasteiger partial charge in [-0.05, 0) is 0 Å². The van der Waals surface area contributed by atoms with Crippen molar-refractivity contribution in [2.75, 3.05) is 14.2 Å². The van der Waals surface area contributed by atoms with Crippen LogP contribution in [-0.2, 0) is 4.74 Å². The summed E-state index contributed by atoms with van der Waals surface area (Å²) in [7, 11) is 2.28. The van der Waals surface area contributed by atoms with Gasteiger partial charge < -0.3 is 9.47 Å². The first-order chi connectivity index (χ1) is 8.04. The molecule has 0 radical (unpaired) electrons. The van der Waals surface area contributed by atoms with E-state index in [1.54, 1.807) is 6.07 Å². The molecule has 5 nitrogen and oxygen atoms in total. The van der Waals surface area contributed by atoms with E-state index in [-0.39, 0.29) is 11.4 Å². The summed E-state index contributed by atoms with van der Waals surface area (Å²) in [4.78, 5) is 14.9. The first-order valence-corrected chi connectivity index (χ1v) is 4.40. The number of halogens is 2.